The normalized spacial score (nSPS) is 19.8. The van der Waals surface area contributed by atoms with Gasteiger partial charge in [0.1, 0.15) is 0 Å². The second kappa shape index (κ2) is 13.4. The molecule has 0 spiro atoms. The first-order valence-electron chi connectivity index (χ1n) is 10.7. The van der Waals surface area contributed by atoms with Crippen LogP contribution in [0.25, 0.3) is 0 Å². The molecule has 0 bridgehead atoms. The average Bonchev–Trinajstić information content (AvgIpc) is 3.38. The summed E-state index contributed by atoms with van der Waals surface area (Å²) in [5, 5.41) is 6.55. The van der Waals surface area contributed by atoms with Crippen LogP contribution >= 0.6 is 35.7 Å². The highest BCUT2D eigenvalue weighted by molar-refractivity contribution is 14.0. The molecule has 0 aromatic heterocycles. The van der Waals surface area contributed by atoms with Gasteiger partial charge in [-0.1, -0.05) is 31.0 Å². The highest BCUT2D eigenvalue weighted by Crippen LogP contribution is 2.25. The maximum Gasteiger partial charge on any atom is 0.222 e. The highest BCUT2D eigenvalue weighted by atomic mass is 127. The van der Waals surface area contributed by atoms with Gasteiger partial charge in [0.05, 0.1) is 6.54 Å². The van der Waals surface area contributed by atoms with Crippen LogP contribution in [0.15, 0.2) is 40.2 Å². The number of nitrogens with one attached hydrogen (secondary N) is 2. The number of carbonyl (C=O) groups excluding carboxylic acids is 1. The quantitative estimate of drug-likeness (QED) is 0.230. The Morgan fingerprint density at radius 2 is 1.97 bits per heavy atom. The Bertz CT molecular complexity index is 637. The van der Waals surface area contributed by atoms with Crippen LogP contribution in [0.1, 0.15) is 45.4 Å². The molecule has 5 nitrogen and oxygen atoms in total. The molecule has 1 aromatic carbocycles. The van der Waals surface area contributed by atoms with Gasteiger partial charge in [0.2, 0.25) is 5.91 Å². The second-order valence-electron chi connectivity index (χ2n) is 7.76. The van der Waals surface area contributed by atoms with Crippen molar-refractivity contribution in [3.05, 3.63) is 30.3 Å². The van der Waals surface area contributed by atoms with Crippen molar-refractivity contribution in [2.24, 2.45) is 10.9 Å². The summed E-state index contributed by atoms with van der Waals surface area (Å²) in [7, 11) is 0. The zero-order chi connectivity index (χ0) is 19.6. The molecule has 2 fully saturated rings. The van der Waals surface area contributed by atoms with E-state index in [1.165, 1.54) is 24.2 Å². The first-order chi connectivity index (χ1) is 13.7. The Morgan fingerprint density at radius 1 is 1.21 bits per heavy atom. The number of amides is 1. The van der Waals surface area contributed by atoms with Crippen molar-refractivity contribution >= 4 is 47.6 Å². The molecule has 7 heteroatoms. The van der Waals surface area contributed by atoms with E-state index in [9.17, 15) is 4.79 Å². The van der Waals surface area contributed by atoms with E-state index in [2.05, 4.69) is 52.8 Å². The Balaban J connectivity index is 0.00000300. The van der Waals surface area contributed by atoms with Crippen molar-refractivity contribution in [3.8, 4) is 0 Å². The van der Waals surface area contributed by atoms with E-state index in [-0.39, 0.29) is 29.9 Å². The number of aliphatic imine (C=N–C) groups is 1. The molecule has 2 N–H and O–H groups in total. The molecule has 1 aliphatic carbocycles. The van der Waals surface area contributed by atoms with E-state index in [4.69, 9.17) is 4.99 Å². The minimum Gasteiger partial charge on any atom is -0.357 e. The third kappa shape index (κ3) is 8.36. The molecule has 1 atom stereocenters. The van der Waals surface area contributed by atoms with E-state index < -0.39 is 0 Å². The summed E-state index contributed by atoms with van der Waals surface area (Å²) in [6, 6.07) is 11.0. The fraction of sp³-hybridized carbons (Fsp3) is 0.636. The Labute approximate surface area is 196 Å². The Morgan fingerprint density at radius 3 is 2.69 bits per heavy atom. The van der Waals surface area contributed by atoms with E-state index in [1.807, 2.05) is 11.8 Å². The molecule has 1 aliphatic heterocycles. The molecule has 1 saturated heterocycles. The molecule has 1 saturated carbocycles. The zero-order valence-corrected chi connectivity index (χ0v) is 20.6. The van der Waals surface area contributed by atoms with E-state index in [0.29, 0.717) is 24.9 Å². The molecule has 1 unspecified atom stereocenters. The summed E-state index contributed by atoms with van der Waals surface area (Å²) in [6.45, 7) is 5.59. The van der Waals surface area contributed by atoms with Crippen LogP contribution in [0.5, 0.6) is 0 Å². The number of likely N-dealkylation sites (tertiary alicyclic amines) is 1. The molecule has 1 aromatic rings. The van der Waals surface area contributed by atoms with Crippen molar-refractivity contribution in [1.82, 2.24) is 15.5 Å². The van der Waals surface area contributed by atoms with Gasteiger partial charge in [-0.3, -0.25) is 9.79 Å². The van der Waals surface area contributed by atoms with E-state index in [1.54, 1.807) is 0 Å². The number of carbonyl (C=O) groups is 1. The van der Waals surface area contributed by atoms with Crippen LogP contribution in [-0.2, 0) is 4.79 Å². The van der Waals surface area contributed by atoms with Crippen LogP contribution in [0.2, 0.25) is 0 Å². The fourth-order valence-corrected chi connectivity index (χ4v) is 5.00. The Kier molecular flexibility index (Phi) is 11.2. The summed E-state index contributed by atoms with van der Waals surface area (Å²) in [4.78, 5) is 20.5. The molecule has 29 heavy (non-hydrogen) atoms. The van der Waals surface area contributed by atoms with Crippen LogP contribution in [0.3, 0.4) is 0 Å². The minimum atomic E-state index is 0. The number of halogens is 1. The van der Waals surface area contributed by atoms with Gasteiger partial charge in [-0.15, -0.1) is 35.7 Å². The van der Waals surface area contributed by atoms with Gasteiger partial charge in [0, 0.05) is 42.7 Å². The first kappa shape index (κ1) is 24.3. The molecule has 162 valence electrons. The predicted octanol–water partition coefficient (Wildman–Crippen LogP) is 4.13. The maximum atomic E-state index is 12.1. The van der Waals surface area contributed by atoms with Crippen LogP contribution in [-0.4, -0.2) is 54.7 Å². The minimum absolute atomic E-state index is 0. The highest BCUT2D eigenvalue weighted by Gasteiger charge is 2.25. The van der Waals surface area contributed by atoms with Crippen molar-refractivity contribution in [2.45, 2.75) is 56.4 Å². The lowest BCUT2D eigenvalue weighted by Gasteiger charge is -2.21. The molecular weight excluding hydrogens is 495 g/mol. The summed E-state index contributed by atoms with van der Waals surface area (Å²) in [5.41, 5.74) is 0. The predicted molar refractivity (Wildman–Crippen MR) is 133 cm³/mol. The third-order valence-electron chi connectivity index (χ3n) is 5.47. The van der Waals surface area contributed by atoms with Crippen molar-refractivity contribution in [3.63, 3.8) is 0 Å². The number of hydrogen-bond donors (Lipinski definition) is 2. The SMILES string of the molecule is CCNC(=NCCC(=O)NC1CCCC1)N1CCC(CSc2ccccc2)C1.I. The fourth-order valence-electron chi connectivity index (χ4n) is 3.95. The smallest absolute Gasteiger partial charge is 0.222 e. The summed E-state index contributed by atoms with van der Waals surface area (Å²) in [5.74, 6) is 2.93. The summed E-state index contributed by atoms with van der Waals surface area (Å²) in [6.07, 6.45) is 6.43. The largest absolute Gasteiger partial charge is 0.357 e. The number of benzene rings is 1. The molecule has 0 radical (unpaired) electrons. The maximum absolute atomic E-state index is 12.1. The van der Waals surface area contributed by atoms with Crippen molar-refractivity contribution in [2.75, 3.05) is 31.9 Å². The number of nitrogens with zero attached hydrogens (tertiary/aromatic N) is 2. The molecule has 3 rings (SSSR count). The van der Waals surface area contributed by atoms with Crippen LogP contribution in [0.4, 0.5) is 0 Å². The lowest BCUT2D eigenvalue weighted by molar-refractivity contribution is -0.121. The average molecular weight is 531 g/mol. The van der Waals surface area contributed by atoms with Gasteiger partial charge >= 0.3 is 0 Å². The molecule has 1 amide bonds. The Hall–Kier alpha value is -0.960. The second-order valence-corrected chi connectivity index (χ2v) is 8.85. The van der Waals surface area contributed by atoms with Crippen molar-refractivity contribution in [1.29, 1.82) is 0 Å². The zero-order valence-electron chi connectivity index (χ0n) is 17.4. The summed E-state index contributed by atoms with van der Waals surface area (Å²) >= 11 is 1.94. The first-order valence-corrected chi connectivity index (χ1v) is 11.7. The van der Waals surface area contributed by atoms with Gasteiger partial charge in [-0.2, -0.15) is 0 Å². The van der Waals surface area contributed by atoms with Crippen LogP contribution in [0, 0.1) is 5.92 Å². The van der Waals surface area contributed by atoms with Crippen molar-refractivity contribution < 1.29 is 4.79 Å². The van der Waals surface area contributed by atoms with E-state index in [0.717, 1.165) is 44.2 Å². The van der Waals surface area contributed by atoms with Gasteiger partial charge in [-0.05, 0) is 44.2 Å². The number of hydrogen-bond acceptors (Lipinski definition) is 3. The monoisotopic (exact) mass is 530 g/mol. The number of rotatable bonds is 8. The third-order valence-corrected chi connectivity index (χ3v) is 6.71. The standard InChI is InChI=1S/C22H34N4OS.HI/c1-2-23-22(24-14-12-21(27)25-19-8-6-7-9-19)26-15-13-18(16-26)17-28-20-10-4-3-5-11-20;/h3-5,10-11,18-19H,2,6-9,12-17H2,1H3,(H,23,24)(H,25,27);1H. The van der Waals surface area contributed by atoms with Gasteiger partial charge in [0.25, 0.3) is 0 Å². The summed E-state index contributed by atoms with van der Waals surface area (Å²) < 4.78 is 0. The molecular formula is C22H35IN4OS. The van der Waals surface area contributed by atoms with Crippen LogP contribution < -0.4 is 10.6 Å². The van der Waals surface area contributed by atoms with Gasteiger partial charge in [0.15, 0.2) is 5.96 Å². The molecule has 1 heterocycles. The lowest BCUT2D eigenvalue weighted by Crippen LogP contribution is -2.40. The lowest BCUT2D eigenvalue weighted by atomic mass is 10.2. The van der Waals surface area contributed by atoms with Gasteiger partial charge < -0.3 is 15.5 Å². The molecule has 2 aliphatic rings. The number of guanidine groups is 1. The van der Waals surface area contributed by atoms with Gasteiger partial charge in [-0.25, -0.2) is 0 Å². The van der Waals surface area contributed by atoms with E-state index >= 15 is 0 Å². The number of thioether (sulfide) groups is 1. The topological polar surface area (TPSA) is 56.7 Å².